The van der Waals surface area contributed by atoms with E-state index < -0.39 is 0 Å². The van der Waals surface area contributed by atoms with Gasteiger partial charge in [-0.2, -0.15) is 0 Å². The van der Waals surface area contributed by atoms with Gasteiger partial charge in [-0.1, -0.05) is 6.42 Å². The number of thiazole rings is 1. The van der Waals surface area contributed by atoms with E-state index >= 15 is 0 Å². The number of piperidine rings is 2. The summed E-state index contributed by atoms with van der Waals surface area (Å²) in [5.74, 6) is 0.393. The van der Waals surface area contributed by atoms with Crippen LogP contribution in [0.1, 0.15) is 44.2 Å². The van der Waals surface area contributed by atoms with Gasteiger partial charge < -0.3 is 10.6 Å². The van der Waals surface area contributed by atoms with Gasteiger partial charge in [0.25, 0.3) is 0 Å². The molecule has 3 fully saturated rings. The smallest absolute Gasteiger partial charge is 0.229 e. The third kappa shape index (κ3) is 4.86. The van der Waals surface area contributed by atoms with Crippen LogP contribution in [0.3, 0.4) is 0 Å². The number of nitrogens with one attached hydrogen (secondary N) is 2. The first-order valence-corrected chi connectivity index (χ1v) is 9.82. The first kappa shape index (κ1) is 20.9. The van der Waals surface area contributed by atoms with E-state index in [-0.39, 0.29) is 36.6 Å². The normalized spacial score (nSPS) is 24.9. The summed E-state index contributed by atoms with van der Waals surface area (Å²) >= 11 is 1.56. The summed E-state index contributed by atoms with van der Waals surface area (Å²) < 4.78 is 0. The molecular formula is C17H28Cl2N4OS. The number of rotatable bonds is 4. The number of carbonyl (C=O) groups is 1. The van der Waals surface area contributed by atoms with E-state index in [0.29, 0.717) is 5.41 Å². The van der Waals surface area contributed by atoms with E-state index in [9.17, 15) is 4.79 Å². The van der Waals surface area contributed by atoms with E-state index in [0.717, 1.165) is 49.7 Å². The van der Waals surface area contributed by atoms with Gasteiger partial charge in [0.15, 0.2) is 5.13 Å². The van der Waals surface area contributed by atoms with Gasteiger partial charge >= 0.3 is 0 Å². The summed E-state index contributed by atoms with van der Waals surface area (Å²) in [4.78, 5) is 19.6. The summed E-state index contributed by atoms with van der Waals surface area (Å²) in [5.41, 5.74) is 1.39. The highest BCUT2D eigenvalue weighted by Crippen LogP contribution is 2.58. The minimum atomic E-state index is 0. The Kier molecular flexibility index (Phi) is 7.52. The van der Waals surface area contributed by atoms with Crippen molar-refractivity contribution in [2.45, 2.75) is 45.1 Å². The van der Waals surface area contributed by atoms with Crippen LogP contribution in [0.2, 0.25) is 0 Å². The Morgan fingerprint density at radius 1 is 1.28 bits per heavy atom. The van der Waals surface area contributed by atoms with Crippen molar-refractivity contribution in [1.82, 2.24) is 15.2 Å². The van der Waals surface area contributed by atoms with Gasteiger partial charge in [0.1, 0.15) is 0 Å². The molecule has 142 valence electrons. The quantitative estimate of drug-likeness (QED) is 0.804. The number of hydrogen-bond donors (Lipinski definition) is 2. The van der Waals surface area contributed by atoms with E-state index in [2.05, 4.69) is 25.9 Å². The molecule has 25 heavy (non-hydrogen) atoms. The van der Waals surface area contributed by atoms with Crippen molar-refractivity contribution >= 4 is 47.2 Å². The summed E-state index contributed by atoms with van der Waals surface area (Å²) in [5, 5.41) is 9.32. The molecular weight excluding hydrogens is 379 g/mol. The summed E-state index contributed by atoms with van der Waals surface area (Å²) in [6.07, 6.45) is 7.30. The molecule has 4 rings (SSSR count). The number of anilines is 1. The standard InChI is InChI=1S/C17H26N4OS.2ClH/c22-15(14-10-17(14)4-6-18-7-5-17)20-16-19-13(12-23-16)11-21-8-2-1-3-9-21;;/h12,14,18H,1-11H2,(H,19,20,22);2*1H. The van der Waals surface area contributed by atoms with Crippen molar-refractivity contribution in [2.24, 2.45) is 11.3 Å². The number of halogens is 2. The largest absolute Gasteiger partial charge is 0.317 e. The third-order valence-corrected chi connectivity index (χ3v) is 6.53. The summed E-state index contributed by atoms with van der Waals surface area (Å²) in [6, 6.07) is 0. The Balaban J connectivity index is 0.00000113. The molecule has 1 unspecified atom stereocenters. The SMILES string of the molecule is Cl.Cl.O=C(Nc1nc(CN2CCCCC2)cs1)C1CC12CCNCC2. The van der Waals surface area contributed by atoms with Gasteiger partial charge in [0.05, 0.1) is 5.69 Å². The Morgan fingerprint density at radius 3 is 2.72 bits per heavy atom. The first-order chi connectivity index (χ1) is 11.3. The second-order valence-electron chi connectivity index (χ2n) is 7.34. The highest BCUT2D eigenvalue weighted by Gasteiger charge is 2.57. The number of hydrogen-bond acceptors (Lipinski definition) is 5. The van der Waals surface area contributed by atoms with Crippen LogP contribution in [0.15, 0.2) is 5.38 Å². The van der Waals surface area contributed by atoms with Crippen molar-refractivity contribution in [3.8, 4) is 0 Å². The van der Waals surface area contributed by atoms with Gasteiger partial charge in [-0.15, -0.1) is 36.2 Å². The Labute approximate surface area is 166 Å². The lowest BCUT2D eigenvalue weighted by Gasteiger charge is -2.25. The molecule has 2 N–H and O–H groups in total. The van der Waals surface area contributed by atoms with Gasteiger partial charge in [0, 0.05) is 17.8 Å². The van der Waals surface area contributed by atoms with E-state index in [1.165, 1.54) is 32.4 Å². The van der Waals surface area contributed by atoms with Crippen LogP contribution in [0, 0.1) is 11.3 Å². The monoisotopic (exact) mass is 406 g/mol. The van der Waals surface area contributed by atoms with Crippen molar-refractivity contribution < 1.29 is 4.79 Å². The van der Waals surface area contributed by atoms with Crippen LogP contribution < -0.4 is 10.6 Å². The molecule has 3 heterocycles. The van der Waals surface area contributed by atoms with Gasteiger partial charge in [-0.25, -0.2) is 4.98 Å². The van der Waals surface area contributed by atoms with Crippen molar-refractivity contribution in [3.63, 3.8) is 0 Å². The highest BCUT2D eigenvalue weighted by atomic mass is 35.5. The number of aromatic nitrogens is 1. The summed E-state index contributed by atoms with van der Waals surface area (Å²) in [7, 11) is 0. The lowest BCUT2D eigenvalue weighted by Crippen LogP contribution is -2.31. The van der Waals surface area contributed by atoms with Gasteiger partial charge in [-0.05, 0) is 63.7 Å². The molecule has 0 radical (unpaired) electrons. The summed E-state index contributed by atoms with van der Waals surface area (Å²) in [6.45, 7) is 5.39. The second kappa shape index (κ2) is 9.00. The lowest BCUT2D eigenvalue weighted by molar-refractivity contribution is -0.118. The molecule has 2 aliphatic heterocycles. The molecule has 0 bridgehead atoms. The van der Waals surface area contributed by atoms with Crippen molar-refractivity contribution in [2.75, 3.05) is 31.5 Å². The lowest BCUT2D eigenvalue weighted by atomic mass is 9.92. The maximum atomic E-state index is 12.5. The average molecular weight is 407 g/mol. The van der Waals surface area contributed by atoms with E-state index in [4.69, 9.17) is 0 Å². The van der Waals surface area contributed by atoms with Gasteiger partial charge in [-0.3, -0.25) is 9.69 Å². The van der Waals surface area contributed by atoms with Crippen LogP contribution >= 0.6 is 36.2 Å². The Morgan fingerprint density at radius 2 is 2.00 bits per heavy atom. The molecule has 1 aromatic rings. The fourth-order valence-corrected chi connectivity index (χ4v) is 4.88. The number of carbonyl (C=O) groups excluding carboxylic acids is 1. The van der Waals surface area contributed by atoms with Crippen LogP contribution in [-0.4, -0.2) is 42.0 Å². The van der Waals surface area contributed by atoms with Crippen molar-refractivity contribution in [3.05, 3.63) is 11.1 Å². The molecule has 1 amide bonds. The fourth-order valence-electron chi connectivity index (χ4n) is 4.17. The maximum absolute atomic E-state index is 12.5. The number of nitrogens with zero attached hydrogens (tertiary/aromatic N) is 2. The first-order valence-electron chi connectivity index (χ1n) is 8.94. The van der Waals surface area contributed by atoms with Crippen LogP contribution in [0.5, 0.6) is 0 Å². The Hall–Kier alpha value is -0.400. The van der Waals surface area contributed by atoms with Crippen molar-refractivity contribution in [1.29, 1.82) is 0 Å². The second-order valence-corrected chi connectivity index (χ2v) is 8.20. The molecule has 1 aromatic heterocycles. The van der Waals surface area contributed by atoms with Gasteiger partial charge in [0.2, 0.25) is 5.91 Å². The zero-order valence-corrected chi connectivity index (χ0v) is 16.9. The topological polar surface area (TPSA) is 57.3 Å². The molecule has 5 nitrogen and oxygen atoms in total. The molecule has 1 spiro atoms. The minimum absolute atomic E-state index is 0. The fraction of sp³-hybridized carbons (Fsp3) is 0.765. The van der Waals surface area contributed by atoms with E-state index in [1.807, 2.05) is 0 Å². The predicted molar refractivity (Wildman–Crippen MR) is 107 cm³/mol. The molecule has 3 aliphatic rings. The molecule has 1 atom stereocenters. The van der Waals surface area contributed by atoms with Crippen LogP contribution in [0.25, 0.3) is 0 Å². The molecule has 1 saturated carbocycles. The molecule has 8 heteroatoms. The Bertz CT molecular complexity index is 571. The maximum Gasteiger partial charge on any atom is 0.229 e. The van der Waals surface area contributed by atoms with Crippen LogP contribution in [0.4, 0.5) is 5.13 Å². The number of amides is 1. The molecule has 0 aromatic carbocycles. The zero-order valence-electron chi connectivity index (χ0n) is 14.5. The molecule has 1 aliphatic carbocycles. The zero-order chi connectivity index (χ0) is 15.7. The van der Waals surface area contributed by atoms with E-state index in [1.54, 1.807) is 11.3 Å². The number of likely N-dealkylation sites (tertiary alicyclic amines) is 1. The predicted octanol–water partition coefficient (Wildman–Crippen LogP) is 3.30. The minimum Gasteiger partial charge on any atom is -0.317 e. The third-order valence-electron chi connectivity index (χ3n) is 5.72. The molecule has 2 saturated heterocycles. The van der Waals surface area contributed by atoms with Crippen LogP contribution in [-0.2, 0) is 11.3 Å². The average Bonchev–Trinajstić information content (AvgIpc) is 3.08. The highest BCUT2D eigenvalue weighted by molar-refractivity contribution is 7.13.